The van der Waals surface area contributed by atoms with E-state index in [9.17, 15) is 9.59 Å². The van der Waals surface area contributed by atoms with Gasteiger partial charge in [-0.1, -0.05) is 12.1 Å². The molecule has 2 amide bonds. The summed E-state index contributed by atoms with van der Waals surface area (Å²) in [5.74, 6) is 3.53. The number of methoxy groups -OCH3 is 1. The van der Waals surface area contributed by atoms with Crippen molar-refractivity contribution in [2.75, 3.05) is 20.2 Å². The molecular formula is C23H32N2O3. The van der Waals surface area contributed by atoms with E-state index in [1.54, 1.807) is 7.11 Å². The fraction of sp³-hybridized carbons (Fsp3) is 0.652. The summed E-state index contributed by atoms with van der Waals surface area (Å²) in [5.41, 5.74) is 1.22. The van der Waals surface area contributed by atoms with Gasteiger partial charge in [-0.25, -0.2) is 0 Å². The highest BCUT2D eigenvalue weighted by Gasteiger charge is 2.51. The van der Waals surface area contributed by atoms with Gasteiger partial charge in [0.15, 0.2) is 0 Å². The van der Waals surface area contributed by atoms with Crippen LogP contribution in [0.25, 0.3) is 0 Å². The molecule has 0 atom stereocenters. The molecule has 4 saturated carbocycles. The van der Waals surface area contributed by atoms with E-state index in [2.05, 4.69) is 10.6 Å². The van der Waals surface area contributed by atoms with Gasteiger partial charge >= 0.3 is 0 Å². The van der Waals surface area contributed by atoms with Crippen LogP contribution in [0.5, 0.6) is 5.75 Å². The molecule has 0 spiro atoms. The molecule has 2 N–H and O–H groups in total. The number of benzene rings is 1. The molecule has 5 rings (SSSR count). The number of rotatable bonds is 8. The van der Waals surface area contributed by atoms with Crippen LogP contribution in [0.2, 0.25) is 0 Å². The Morgan fingerprint density at radius 2 is 1.46 bits per heavy atom. The molecule has 0 aliphatic heterocycles. The summed E-state index contributed by atoms with van der Waals surface area (Å²) in [7, 11) is 1.62. The zero-order chi connectivity index (χ0) is 19.6. The highest BCUT2D eigenvalue weighted by Crippen LogP contribution is 2.61. The van der Waals surface area contributed by atoms with E-state index in [0.717, 1.165) is 29.1 Å². The van der Waals surface area contributed by atoms with Crippen molar-refractivity contribution in [3.63, 3.8) is 0 Å². The highest BCUT2D eigenvalue weighted by atomic mass is 16.5. The molecule has 28 heavy (non-hydrogen) atoms. The van der Waals surface area contributed by atoms with Crippen LogP contribution in [-0.4, -0.2) is 32.0 Å². The maximum absolute atomic E-state index is 12.5. The lowest BCUT2D eigenvalue weighted by molar-refractivity contribution is -0.129. The first-order chi connectivity index (χ1) is 13.5. The Bertz CT molecular complexity index is 678. The first-order valence-corrected chi connectivity index (χ1v) is 10.7. The summed E-state index contributed by atoms with van der Waals surface area (Å²) < 4.78 is 5.12. The molecule has 0 aromatic heterocycles. The van der Waals surface area contributed by atoms with E-state index in [4.69, 9.17) is 4.74 Å². The van der Waals surface area contributed by atoms with Crippen molar-refractivity contribution >= 4 is 11.8 Å². The number of carbonyl (C=O) groups is 2. The van der Waals surface area contributed by atoms with E-state index < -0.39 is 0 Å². The Labute approximate surface area is 167 Å². The third-order valence-corrected chi connectivity index (χ3v) is 6.99. The second kappa shape index (κ2) is 8.14. The summed E-state index contributed by atoms with van der Waals surface area (Å²) in [5, 5.41) is 5.91. The van der Waals surface area contributed by atoms with Crippen molar-refractivity contribution in [2.45, 2.75) is 51.4 Å². The van der Waals surface area contributed by atoms with Gasteiger partial charge in [-0.2, -0.15) is 0 Å². The van der Waals surface area contributed by atoms with Gasteiger partial charge < -0.3 is 15.4 Å². The minimum absolute atomic E-state index is 0.0273. The number of hydrogen-bond acceptors (Lipinski definition) is 3. The fourth-order valence-electron chi connectivity index (χ4n) is 6.30. The van der Waals surface area contributed by atoms with Crippen molar-refractivity contribution < 1.29 is 14.3 Å². The maximum atomic E-state index is 12.5. The molecule has 5 nitrogen and oxygen atoms in total. The minimum atomic E-state index is -0.0273. The number of nitrogens with one attached hydrogen (secondary N) is 2. The standard InChI is InChI=1S/C23H32N2O3/c1-28-20-4-2-16(3-5-20)11-21(26)24-6-7-25-22(27)15-23-12-17-8-18(13-23)10-19(9-17)14-23/h2-5,17-19H,6-15H2,1H3,(H,24,26)(H,25,27). The number of amides is 2. The first-order valence-electron chi connectivity index (χ1n) is 10.7. The second-order valence-corrected chi connectivity index (χ2v) is 9.32. The number of ether oxygens (including phenoxy) is 1. The molecular weight excluding hydrogens is 352 g/mol. The van der Waals surface area contributed by atoms with Crippen LogP contribution in [0.1, 0.15) is 50.5 Å². The van der Waals surface area contributed by atoms with Gasteiger partial charge in [-0.05, 0) is 79.4 Å². The van der Waals surface area contributed by atoms with Crippen LogP contribution < -0.4 is 15.4 Å². The van der Waals surface area contributed by atoms with Crippen LogP contribution in [0.15, 0.2) is 24.3 Å². The Balaban J connectivity index is 1.15. The average molecular weight is 385 g/mol. The van der Waals surface area contributed by atoms with Gasteiger partial charge in [-0.3, -0.25) is 9.59 Å². The SMILES string of the molecule is COc1ccc(CC(=O)NCCNC(=O)CC23CC4CC(CC(C4)C2)C3)cc1. The van der Waals surface area contributed by atoms with Gasteiger partial charge in [0.05, 0.1) is 13.5 Å². The molecule has 1 aromatic rings. The molecule has 1 aromatic carbocycles. The average Bonchev–Trinajstić information content (AvgIpc) is 2.64. The van der Waals surface area contributed by atoms with Gasteiger partial charge in [0.2, 0.25) is 11.8 Å². The third kappa shape index (κ3) is 4.50. The van der Waals surface area contributed by atoms with Crippen LogP contribution in [0, 0.1) is 23.2 Å². The number of carbonyl (C=O) groups excluding carboxylic acids is 2. The lowest BCUT2D eigenvalue weighted by atomic mass is 9.49. The Hall–Kier alpha value is -2.04. The highest BCUT2D eigenvalue weighted by molar-refractivity contribution is 5.79. The summed E-state index contributed by atoms with van der Waals surface area (Å²) in [6.07, 6.45) is 8.99. The maximum Gasteiger partial charge on any atom is 0.224 e. The Morgan fingerprint density at radius 3 is 2.00 bits per heavy atom. The smallest absolute Gasteiger partial charge is 0.224 e. The monoisotopic (exact) mass is 384 g/mol. The summed E-state index contributed by atoms with van der Waals surface area (Å²) in [6.45, 7) is 0.973. The quantitative estimate of drug-likeness (QED) is 0.677. The lowest BCUT2D eigenvalue weighted by Gasteiger charge is -2.56. The largest absolute Gasteiger partial charge is 0.497 e. The van der Waals surface area contributed by atoms with Crippen LogP contribution in [0.4, 0.5) is 0 Å². The van der Waals surface area contributed by atoms with E-state index in [-0.39, 0.29) is 17.2 Å². The van der Waals surface area contributed by atoms with Crippen LogP contribution in [-0.2, 0) is 16.0 Å². The van der Waals surface area contributed by atoms with E-state index in [0.29, 0.717) is 25.9 Å². The molecule has 152 valence electrons. The fourth-order valence-corrected chi connectivity index (χ4v) is 6.30. The van der Waals surface area contributed by atoms with Gasteiger partial charge in [0, 0.05) is 19.5 Å². The molecule has 0 saturated heterocycles. The van der Waals surface area contributed by atoms with Crippen LogP contribution in [0.3, 0.4) is 0 Å². The molecule has 0 unspecified atom stereocenters. The third-order valence-electron chi connectivity index (χ3n) is 6.99. The molecule has 4 aliphatic rings. The summed E-state index contributed by atoms with van der Waals surface area (Å²) in [4.78, 5) is 24.5. The molecule has 4 aliphatic carbocycles. The van der Waals surface area contributed by atoms with Crippen LogP contribution >= 0.6 is 0 Å². The molecule has 4 bridgehead atoms. The molecule has 5 heteroatoms. The second-order valence-electron chi connectivity index (χ2n) is 9.32. The van der Waals surface area contributed by atoms with Crippen molar-refractivity contribution in [1.82, 2.24) is 10.6 Å². The van der Waals surface area contributed by atoms with Crippen molar-refractivity contribution in [3.8, 4) is 5.75 Å². The van der Waals surface area contributed by atoms with Crippen molar-refractivity contribution in [1.29, 1.82) is 0 Å². The normalized spacial score (nSPS) is 30.1. The van der Waals surface area contributed by atoms with Gasteiger partial charge in [-0.15, -0.1) is 0 Å². The summed E-state index contributed by atoms with van der Waals surface area (Å²) >= 11 is 0. The zero-order valence-electron chi connectivity index (χ0n) is 16.8. The van der Waals surface area contributed by atoms with E-state index in [1.165, 1.54) is 38.5 Å². The predicted octanol–water partition coefficient (Wildman–Crippen LogP) is 3.08. The van der Waals surface area contributed by atoms with Gasteiger partial charge in [0.1, 0.15) is 5.75 Å². The van der Waals surface area contributed by atoms with Gasteiger partial charge in [0.25, 0.3) is 0 Å². The molecule has 4 fully saturated rings. The molecule has 0 heterocycles. The summed E-state index contributed by atoms with van der Waals surface area (Å²) in [6, 6.07) is 7.50. The topological polar surface area (TPSA) is 67.4 Å². The Kier molecular flexibility index (Phi) is 5.61. The minimum Gasteiger partial charge on any atom is -0.497 e. The van der Waals surface area contributed by atoms with E-state index in [1.807, 2.05) is 24.3 Å². The van der Waals surface area contributed by atoms with E-state index >= 15 is 0 Å². The Morgan fingerprint density at radius 1 is 0.929 bits per heavy atom. The first kappa shape index (κ1) is 19.3. The lowest BCUT2D eigenvalue weighted by Crippen LogP contribution is -2.48. The van der Waals surface area contributed by atoms with Crippen molar-refractivity contribution in [2.24, 2.45) is 23.2 Å². The van der Waals surface area contributed by atoms with Crippen molar-refractivity contribution in [3.05, 3.63) is 29.8 Å². The number of hydrogen-bond donors (Lipinski definition) is 2. The zero-order valence-corrected chi connectivity index (χ0v) is 16.8. The molecule has 0 radical (unpaired) electrons. The predicted molar refractivity (Wildman–Crippen MR) is 108 cm³/mol.